The third-order valence-electron chi connectivity index (χ3n) is 5.21. The molecule has 0 saturated carbocycles. The van der Waals surface area contributed by atoms with Gasteiger partial charge in [-0.3, -0.25) is 9.59 Å². The lowest BCUT2D eigenvalue weighted by molar-refractivity contribution is -0.137. The number of benzene rings is 2. The molecule has 0 bridgehead atoms. The lowest BCUT2D eigenvalue weighted by atomic mass is 9.98. The van der Waals surface area contributed by atoms with Gasteiger partial charge in [-0.15, -0.1) is 0 Å². The van der Waals surface area contributed by atoms with E-state index in [-0.39, 0.29) is 31.4 Å². The van der Waals surface area contributed by atoms with Crippen LogP contribution in [0.2, 0.25) is 0 Å². The summed E-state index contributed by atoms with van der Waals surface area (Å²) < 4.78 is 5.44. The smallest absolute Gasteiger partial charge is 0.407 e. The van der Waals surface area contributed by atoms with Crippen LogP contribution < -0.4 is 10.6 Å². The van der Waals surface area contributed by atoms with Crippen molar-refractivity contribution >= 4 is 18.0 Å². The van der Waals surface area contributed by atoms with E-state index in [9.17, 15) is 14.4 Å². The number of nitrogens with one attached hydrogen (secondary N) is 2. The zero-order valence-electron chi connectivity index (χ0n) is 17.1. The number of rotatable bonds is 8. The summed E-state index contributed by atoms with van der Waals surface area (Å²) in [5.74, 6) is -1.84. The summed E-state index contributed by atoms with van der Waals surface area (Å²) in [4.78, 5) is 35.0. The van der Waals surface area contributed by atoms with Gasteiger partial charge in [0.05, 0.1) is 12.3 Å². The predicted octanol–water partition coefficient (Wildman–Crippen LogP) is 3.14. The van der Waals surface area contributed by atoms with Crippen LogP contribution in [0.3, 0.4) is 0 Å². The van der Waals surface area contributed by atoms with E-state index in [4.69, 9.17) is 9.84 Å². The second-order valence-electron chi connectivity index (χ2n) is 7.61. The molecule has 1 aliphatic carbocycles. The minimum absolute atomic E-state index is 0.0271. The molecule has 3 rings (SSSR count). The first-order valence-corrected chi connectivity index (χ1v) is 9.97. The molecule has 7 nitrogen and oxygen atoms in total. The number of alkyl carbamates (subject to hydrolysis) is 1. The van der Waals surface area contributed by atoms with Crippen molar-refractivity contribution in [2.75, 3.05) is 13.2 Å². The topological polar surface area (TPSA) is 105 Å². The van der Waals surface area contributed by atoms with Gasteiger partial charge in [0.1, 0.15) is 6.61 Å². The van der Waals surface area contributed by atoms with E-state index in [1.54, 1.807) is 13.8 Å². The van der Waals surface area contributed by atoms with E-state index >= 15 is 0 Å². The Kier molecular flexibility index (Phi) is 6.72. The van der Waals surface area contributed by atoms with Gasteiger partial charge >= 0.3 is 12.1 Å². The Labute approximate surface area is 175 Å². The molecule has 2 amide bonds. The highest BCUT2D eigenvalue weighted by atomic mass is 16.5. The Morgan fingerprint density at radius 3 is 2.13 bits per heavy atom. The first-order valence-electron chi connectivity index (χ1n) is 9.97. The summed E-state index contributed by atoms with van der Waals surface area (Å²) in [5, 5.41) is 14.0. The van der Waals surface area contributed by atoms with Crippen molar-refractivity contribution in [3.63, 3.8) is 0 Å². The second kappa shape index (κ2) is 9.43. The van der Waals surface area contributed by atoms with Gasteiger partial charge in [-0.05, 0) is 29.2 Å². The molecule has 0 spiro atoms. The first kappa shape index (κ1) is 21.4. The molecule has 0 fully saturated rings. The number of aliphatic carboxylic acids is 1. The van der Waals surface area contributed by atoms with Crippen molar-refractivity contribution in [2.45, 2.75) is 32.2 Å². The van der Waals surface area contributed by atoms with Gasteiger partial charge in [-0.2, -0.15) is 0 Å². The molecular weight excluding hydrogens is 384 g/mol. The van der Waals surface area contributed by atoms with Crippen LogP contribution in [0, 0.1) is 5.92 Å². The molecule has 0 radical (unpaired) electrons. The second-order valence-corrected chi connectivity index (χ2v) is 7.61. The van der Waals surface area contributed by atoms with Crippen molar-refractivity contribution in [2.24, 2.45) is 5.92 Å². The highest BCUT2D eigenvalue weighted by Gasteiger charge is 2.29. The number of carbonyl (C=O) groups is 3. The van der Waals surface area contributed by atoms with Crippen LogP contribution in [0.5, 0.6) is 0 Å². The van der Waals surface area contributed by atoms with Gasteiger partial charge in [0.2, 0.25) is 5.91 Å². The monoisotopic (exact) mass is 410 g/mol. The molecule has 2 unspecified atom stereocenters. The molecule has 0 aromatic heterocycles. The minimum Gasteiger partial charge on any atom is -0.481 e. The van der Waals surface area contributed by atoms with Gasteiger partial charge < -0.3 is 20.5 Å². The molecule has 0 heterocycles. The number of fused-ring (bicyclic) bond motifs is 3. The summed E-state index contributed by atoms with van der Waals surface area (Å²) in [5.41, 5.74) is 4.57. The fourth-order valence-corrected chi connectivity index (χ4v) is 3.68. The first-order chi connectivity index (χ1) is 14.4. The molecule has 30 heavy (non-hydrogen) atoms. The molecule has 2 atom stereocenters. The van der Waals surface area contributed by atoms with Crippen LogP contribution in [-0.2, 0) is 14.3 Å². The Balaban J connectivity index is 1.51. The average Bonchev–Trinajstić information content (AvgIpc) is 3.03. The molecular formula is C23H26N2O5. The summed E-state index contributed by atoms with van der Waals surface area (Å²) in [7, 11) is 0. The average molecular weight is 410 g/mol. The predicted molar refractivity (Wildman–Crippen MR) is 112 cm³/mol. The lowest BCUT2D eigenvalue weighted by Gasteiger charge is -2.18. The number of amides is 2. The summed E-state index contributed by atoms with van der Waals surface area (Å²) >= 11 is 0. The zero-order chi connectivity index (χ0) is 21.7. The van der Waals surface area contributed by atoms with Crippen molar-refractivity contribution in [1.82, 2.24) is 10.6 Å². The third kappa shape index (κ3) is 4.97. The molecule has 1 aliphatic rings. The maximum Gasteiger partial charge on any atom is 0.407 e. The van der Waals surface area contributed by atoms with E-state index in [1.807, 2.05) is 36.4 Å². The molecule has 3 N–H and O–H groups in total. The molecule has 158 valence electrons. The number of hydrogen-bond donors (Lipinski definition) is 3. The molecule has 7 heteroatoms. The summed E-state index contributed by atoms with van der Waals surface area (Å²) in [6, 6.07) is 15.7. The van der Waals surface area contributed by atoms with E-state index in [0.717, 1.165) is 22.3 Å². The van der Waals surface area contributed by atoms with Gasteiger partial charge in [0.15, 0.2) is 0 Å². The summed E-state index contributed by atoms with van der Waals surface area (Å²) in [6.07, 6.45) is -0.742. The normalized spacial score (nSPS) is 14.2. The van der Waals surface area contributed by atoms with Gasteiger partial charge in [0.25, 0.3) is 0 Å². The Bertz CT molecular complexity index is 897. The Morgan fingerprint density at radius 2 is 1.57 bits per heavy atom. The highest BCUT2D eigenvalue weighted by Crippen LogP contribution is 2.44. The minimum atomic E-state index is -0.979. The zero-order valence-corrected chi connectivity index (χ0v) is 17.1. The molecule has 2 aromatic rings. The van der Waals surface area contributed by atoms with Crippen LogP contribution in [0.1, 0.15) is 37.3 Å². The van der Waals surface area contributed by atoms with Crippen LogP contribution in [0.15, 0.2) is 48.5 Å². The van der Waals surface area contributed by atoms with Crippen LogP contribution in [-0.4, -0.2) is 42.3 Å². The number of carbonyl (C=O) groups excluding carboxylic acids is 2. The van der Waals surface area contributed by atoms with Crippen LogP contribution in [0.25, 0.3) is 11.1 Å². The fourth-order valence-electron chi connectivity index (χ4n) is 3.68. The SMILES string of the molecule is CC(CC(=O)O)NC(=O)C(C)CNC(=O)OCC1c2ccccc2-c2ccccc21. The number of carboxylic acids is 1. The van der Waals surface area contributed by atoms with Crippen molar-refractivity contribution in [1.29, 1.82) is 0 Å². The molecule has 2 aromatic carbocycles. The maximum atomic E-state index is 12.2. The van der Waals surface area contributed by atoms with Crippen molar-refractivity contribution in [3.05, 3.63) is 59.7 Å². The van der Waals surface area contributed by atoms with Crippen molar-refractivity contribution in [3.8, 4) is 11.1 Å². The van der Waals surface area contributed by atoms with Crippen molar-refractivity contribution < 1.29 is 24.2 Å². The van der Waals surface area contributed by atoms with Gasteiger partial charge in [-0.25, -0.2) is 4.79 Å². The Morgan fingerprint density at radius 1 is 1.00 bits per heavy atom. The quantitative estimate of drug-likeness (QED) is 0.620. The largest absolute Gasteiger partial charge is 0.481 e. The van der Waals surface area contributed by atoms with Gasteiger partial charge in [-0.1, -0.05) is 55.5 Å². The van der Waals surface area contributed by atoms with Gasteiger partial charge in [0, 0.05) is 18.5 Å². The van der Waals surface area contributed by atoms with E-state index in [1.165, 1.54) is 0 Å². The van der Waals surface area contributed by atoms with E-state index in [2.05, 4.69) is 22.8 Å². The molecule has 0 saturated heterocycles. The Hall–Kier alpha value is -3.35. The summed E-state index contributed by atoms with van der Waals surface area (Å²) in [6.45, 7) is 3.59. The lowest BCUT2D eigenvalue weighted by Crippen LogP contribution is -2.42. The molecule has 0 aliphatic heterocycles. The number of ether oxygens (including phenoxy) is 1. The highest BCUT2D eigenvalue weighted by molar-refractivity contribution is 5.81. The standard InChI is InChI=1S/C23H26N2O5/c1-14(22(28)25-15(2)11-21(26)27)12-24-23(29)30-13-20-18-9-5-3-7-16(18)17-8-4-6-10-19(17)20/h3-10,14-15,20H,11-13H2,1-2H3,(H,24,29)(H,25,28)(H,26,27). The van der Waals surface area contributed by atoms with E-state index < -0.39 is 24.0 Å². The van der Waals surface area contributed by atoms with Crippen LogP contribution >= 0.6 is 0 Å². The number of carboxylic acid groups (broad SMARTS) is 1. The number of hydrogen-bond acceptors (Lipinski definition) is 4. The van der Waals surface area contributed by atoms with Crippen LogP contribution in [0.4, 0.5) is 4.79 Å². The third-order valence-corrected chi connectivity index (χ3v) is 5.21. The van der Waals surface area contributed by atoms with E-state index in [0.29, 0.717) is 0 Å². The fraction of sp³-hybridized carbons (Fsp3) is 0.348. The maximum absolute atomic E-state index is 12.2.